The second-order valence-corrected chi connectivity index (χ2v) is 4.59. The van der Waals surface area contributed by atoms with Crippen molar-refractivity contribution in [3.8, 4) is 0 Å². The third kappa shape index (κ3) is 2.94. The Labute approximate surface area is 92.3 Å². The maximum atomic E-state index is 11.9. The van der Waals surface area contributed by atoms with Crippen molar-refractivity contribution in [2.45, 2.75) is 58.5 Å². The van der Waals surface area contributed by atoms with Crippen LogP contribution in [0.3, 0.4) is 0 Å². The number of amides is 1. The van der Waals surface area contributed by atoms with Crippen LogP contribution in [0.15, 0.2) is 0 Å². The lowest BCUT2D eigenvalue weighted by atomic mass is 9.66. The van der Waals surface area contributed by atoms with E-state index < -0.39 is 0 Å². The van der Waals surface area contributed by atoms with Gasteiger partial charge in [0.2, 0.25) is 5.91 Å². The molecule has 1 aliphatic rings. The van der Waals surface area contributed by atoms with Gasteiger partial charge in [0.15, 0.2) is 0 Å². The molecular weight excluding hydrogens is 190 g/mol. The Balaban J connectivity index is 2.23. The lowest BCUT2D eigenvalue weighted by molar-refractivity contribution is -0.136. The molecule has 0 saturated heterocycles. The van der Waals surface area contributed by atoms with Crippen LogP contribution in [0.2, 0.25) is 0 Å². The summed E-state index contributed by atoms with van der Waals surface area (Å²) >= 11 is 0. The highest BCUT2D eigenvalue weighted by molar-refractivity contribution is 5.83. The molecule has 1 unspecified atom stereocenters. The largest absolute Gasteiger partial charge is 0.393 e. The van der Waals surface area contributed by atoms with Crippen LogP contribution in [-0.4, -0.2) is 23.7 Å². The standard InChI is InChI=1S/C12H23NO2/c1-3-10(14)6-9-13-11(15)12(4-2)7-5-8-12/h10,14H,3-9H2,1-2H3,(H,13,15). The molecule has 1 fully saturated rings. The van der Waals surface area contributed by atoms with Gasteiger partial charge < -0.3 is 10.4 Å². The highest BCUT2D eigenvalue weighted by Gasteiger charge is 2.41. The van der Waals surface area contributed by atoms with Crippen molar-refractivity contribution in [2.75, 3.05) is 6.54 Å². The van der Waals surface area contributed by atoms with Gasteiger partial charge in [-0.2, -0.15) is 0 Å². The molecule has 3 heteroatoms. The number of carbonyl (C=O) groups is 1. The number of aliphatic hydroxyl groups excluding tert-OH is 1. The van der Waals surface area contributed by atoms with Crippen LogP contribution in [0.25, 0.3) is 0 Å². The normalized spacial score (nSPS) is 20.5. The monoisotopic (exact) mass is 213 g/mol. The van der Waals surface area contributed by atoms with E-state index in [2.05, 4.69) is 12.2 Å². The second-order valence-electron chi connectivity index (χ2n) is 4.59. The number of nitrogens with one attached hydrogen (secondary N) is 1. The van der Waals surface area contributed by atoms with E-state index in [1.54, 1.807) is 0 Å². The van der Waals surface area contributed by atoms with E-state index in [-0.39, 0.29) is 17.4 Å². The van der Waals surface area contributed by atoms with Gasteiger partial charge in [0.05, 0.1) is 6.10 Å². The number of carbonyl (C=O) groups excluding carboxylic acids is 1. The van der Waals surface area contributed by atoms with Crippen molar-refractivity contribution >= 4 is 5.91 Å². The fourth-order valence-electron chi connectivity index (χ4n) is 2.09. The average Bonchev–Trinajstić information content (AvgIpc) is 2.16. The molecule has 0 aliphatic heterocycles. The fraction of sp³-hybridized carbons (Fsp3) is 0.917. The van der Waals surface area contributed by atoms with Gasteiger partial charge in [-0.15, -0.1) is 0 Å². The van der Waals surface area contributed by atoms with Crippen LogP contribution in [0.4, 0.5) is 0 Å². The highest BCUT2D eigenvalue weighted by Crippen LogP contribution is 2.43. The first-order valence-electron chi connectivity index (χ1n) is 6.11. The van der Waals surface area contributed by atoms with Crippen LogP contribution in [0.1, 0.15) is 52.4 Å². The number of hydrogen-bond donors (Lipinski definition) is 2. The zero-order valence-electron chi connectivity index (χ0n) is 9.88. The van der Waals surface area contributed by atoms with Gasteiger partial charge in [0, 0.05) is 12.0 Å². The minimum Gasteiger partial charge on any atom is -0.393 e. The Kier molecular flexibility index (Phi) is 4.58. The van der Waals surface area contributed by atoms with E-state index in [9.17, 15) is 9.90 Å². The molecule has 0 aromatic rings. The van der Waals surface area contributed by atoms with Crippen LogP contribution in [-0.2, 0) is 4.79 Å². The molecule has 1 rings (SSSR count). The summed E-state index contributed by atoms with van der Waals surface area (Å²) in [6.45, 7) is 4.64. The first kappa shape index (κ1) is 12.5. The lowest BCUT2D eigenvalue weighted by Crippen LogP contribution is -2.45. The second kappa shape index (κ2) is 5.50. The minimum absolute atomic E-state index is 0.0723. The molecule has 0 aromatic carbocycles. The Morgan fingerprint density at radius 1 is 1.47 bits per heavy atom. The Morgan fingerprint density at radius 2 is 2.13 bits per heavy atom. The summed E-state index contributed by atoms with van der Waals surface area (Å²) in [6.07, 6.45) is 5.34. The van der Waals surface area contributed by atoms with E-state index in [4.69, 9.17) is 0 Å². The number of aliphatic hydroxyl groups is 1. The van der Waals surface area contributed by atoms with Crippen molar-refractivity contribution in [1.29, 1.82) is 0 Å². The van der Waals surface area contributed by atoms with E-state index in [0.29, 0.717) is 13.0 Å². The molecular formula is C12H23NO2. The Hall–Kier alpha value is -0.570. The van der Waals surface area contributed by atoms with Gasteiger partial charge in [-0.05, 0) is 32.1 Å². The van der Waals surface area contributed by atoms with E-state index >= 15 is 0 Å². The van der Waals surface area contributed by atoms with E-state index in [1.165, 1.54) is 6.42 Å². The number of rotatable bonds is 6. The molecule has 0 spiro atoms. The molecule has 3 nitrogen and oxygen atoms in total. The molecule has 0 heterocycles. The molecule has 0 aromatic heterocycles. The maximum Gasteiger partial charge on any atom is 0.226 e. The molecule has 1 aliphatic carbocycles. The number of hydrogen-bond acceptors (Lipinski definition) is 2. The molecule has 1 amide bonds. The van der Waals surface area contributed by atoms with Crippen molar-refractivity contribution in [2.24, 2.45) is 5.41 Å². The van der Waals surface area contributed by atoms with Crippen LogP contribution >= 0.6 is 0 Å². The van der Waals surface area contributed by atoms with E-state index in [1.807, 2.05) is 6.92 Å². The van der Waals surface area contributed by atoms with Gasteiger partial charge >= 0.3 is 0 Å². The zero-order chi connectivity index (χ0) is 11.3. The smallest absolute Gasteiger partial charge is 0.226 e. The summed E-state index contributed by atoms with van der Waals surface area (Å²) in [7, 11) is 0. The SMILES string of the molecule is CCC(O)CCNC(=O)C1(CC)CCC1. The average molecular weight is 213 g/mol. The van der Waals surface area contributed by atoms with Gasteiger partial charge in [0.1, 0.15) is 0 Å². The van der Waals surface area contributed by atoms with Crippen LogP contribution in [0.5, 0.6) is 0 Å². The third-order valence-corrected chi connectivity index (χ3v) is 3.70. The molecule has 0 radical (unpaired) electrons. The first-order valence-corrected chi connectivity index (χ1v) is 6.11. The van der Waals surface area contributed by atoms with Gasteiger partial charge in [0.25, 0.3) is 0 Å². The van der Waals surface area contributed by atoms with Crippen LogP contribution < -0.4 is 5.32 Å². The quantitative estimate of drug-likeness (QED) is 0.707. The Bertz CT molecular complexity index is 206. The van der Waals surface area contributed by atoms with Crippen LogP contribution in [0, 0.1) is 5.41 Å². The zero-order valence-corrected chi connectivity index (χ0v) is 9.88. The highest BCUT2D eigenvalue weighted by atomic mass is 16.3. The lowest BCUT2D eigenvalue weighted by Gasteiger charge is -2.39. The molecule has 2 N–H and O–H groups in total. The van der Waals surface area contributed by atoms with Crippen molar-refractivity contribution in [1.82, 2.24) is 5.32 Å². The minimum atomic E-state index is -0.274. The summed E-state index contributed by atoms with van der Waals surface area (Å²) in [5.74, 6) is 0.194. The summed E-state index contributed by atoms with van der Waals surface area (Å²) in [5.41, 5.74) is -0.0723. The van der Waals surface area contributed by atoms with Crippen molar-refractivity contribution in [3.05, 3.63) is 0 Å². The topological polar surface area (TPSA) is 49.3 Å². The molecule has 88 valence electrons. The van der Waals surface area contributed by atoms with Crippen molar-refractivity contribution in [3.63, 3.8) is 0 Å². The van der Waals surface area contributed by atoms with E-state index in [0.717, 1.165) is 25.7 Å². The van der Waals surface area contributed by atoms with Gasteiger partial charge in [-0.1, -0.05) is 20.3 Å². The summed E-state index contributed by atoms with van der Waals surface area (Å²) < 4.78 is 0. The molecule has 0 bridgehead atoms. The predicted molar refractivity (Wildman–Crippen MR) is 60.5 cm³/mol. The molecule has 1 saturated carbocycles. The molecule has 1 atom stereocenters. The molecule has 15 heavy (non-hydrogen) atoms. The summed E-state index contributed by atoms with van der Waals surface area (Å²) in [4.78, 5) is 11.9. The first-order chi connectivity index (χ1) is 7.14. The van der Waals surface area contributed by atoms with Gasteiger partial charge in [-0.25, -0.2) is 0 Å². The summed E-state index contributed by atoms with van der Waals surface area (Å²) in [6, 6.07) is 0. The Morgan fingerprint density at radius 3 is 2.53 bits per heavy atom. The van der Waals surface area contributed by atoms with Gasteiger partial charge in [-0.3, -0.25) is 4.79 Å². The fourth-order valence-corrected chi connectivity index (χ4v) is 2.09. The van der Waals surface area contributed by atoms with Crippen molar-refractivity contribution < 1.29 is 9.90 Å². The maximum absolute atomic E-state index is 11.9. The summed E-state index contributed by atoms with van der Waals surface area (Å²) in [5, 5.41) is 12.3. The predicted octanol–water partition coefficient (Wildman–Crippen LogP) is 1.84. The third-order valence-electron chi connectivity index (χ3n) is 3.70.